The first kappa shape index (κ1) is 15.4. The van der Waals surface area contributed by atoms with E-state index in [0.29, 0.717) is 12.5 Å². The van der Waals surface area contributed by atoms with Gasteiger partial charge in [0.2, 0.25) is 5.91 Å². The average Bonchev–Trinajstić information content (AvgIpc) is 2.92. The number of hydrogen-bond donors (Lipinski definition) is 2. The second kappa shape index (κ2) is 7.70. The molecule has 1 aromatic rings. The molecule has 0 aromatic heterocycles. The van der Waals surface area contributed by atoms with Crippen LogP contribution in [0.15, 0.2) is 35.2 Å². The molecule has 1 saturated carbocycles. The maximum absolute atomic E-state index is 12.4. The quantitative estimate of drug-likeness (QED) is 0.793. The lowest BCUT2D eigenvalue weighted by Crippen LogP contribution is -2.43. The Morgan fingerprint density at radius 1 is 1.40 bits per heavy atom. The van der Waals surface area contributed by atoms with Gasteiger partial charge in [-0.2, -0.15) is 0 Å². The molecule has 3 N–H and O–H groups in total. The normalized spacial score (nSPS) is 23.5. The highest BCUT2D eigenvalue weighted by atomic mass is 32.2. The number of rotatable bonds is 6. The molecule has 20 heavy (non-hydrogen) atoms. The molecule has 1 aromatic carbocycles. The Kier molecular flexibility index (Phi) is 5.92. The Bertz CT molecular complexity index is 424. The maximum atomic E-state index is 12.4. The minimum Gasteiger partial charge on any atom is -0.352 e. The van der Waals surface area contributed by atoms with Crippen LogP contribution in [0.3, 0.4) is 0 Å². The van der Waals surface area contributed by atoms with Crippen LogP contribution in [0.25, 0.3) is 0 Å². The largest absolute Gasteiger partial charge is 0.352 e. The van der Waals surface area contributed by atoms with Crippen molar-refractivity contribution in [2.24, 2.45) is 11.7 Å². The molecule has 0 aliphatic heterocycles. The van der Waals surface area contributed by atoms with Crippen molar-refractivity contribution in [2.75, 3.05) is 6.54 Å². The van der Waals surface area contributed by atoms with Crippen molar-refractivity contribution in [3.05, 3.63) is 30.3 Å². The Balaban J connectivity index is 1.92. The summed E-state index contributed by atoms with van der Waals surface area (Å²) in [5.74, 6) is 0.616. The lowest BCUT2D eigenvalue weighted by molar-refractivity contribution is -0.121. The minimum atomic E-state index is -0.0172. The summed E-state index contributed by atoms with van der Waals surface area (Å²) in [6.45, 7) is 2.74. The van der Waals surface area contributed by atoms with E-state index in [4.69, 9.17) is 5.73 Å². The monoisotopic (exact) mass is 292 g/mol. The molecule has 1 aliphatic carbocycles. The van der Waals surface area contributed by atoms with Gasteiger partial charge < -0.3 is 11.1 Å². The standard InChI is InChI=1S/C16H24N2OS/c1-2-15(20-13-8-4-3-5-9-13)16(19)18-14-10-6-7-12(14)11-17/h3-5,8-9,12,14-15H,2,6-7,10-11,17H2,1H3,(H,18,19). The molecule has 2 rings (SSSR count). The highest BCUT2D eigenvalue weighted by Crippen LogP contribution is 2.28. The van der Waals surface area contributed by atoms with Crippen molar-refractivity contribution in [2.45, 2.75) is 48.8 Å². The number of carbonyl (C=O) groups excluding carboxylic acids is 1. The second-order valence-corrected chi connectivity index (χ2v) is 6.65. The van der Waals surface area contributed by atoms with Gasteiger partial charge in [-0.15, -0.1) is 11.8 Å². The van der Waals surface area contributed by atoms with E-state index >= 15 is 0 Å². The minimum absolute atomic E-state index is 0.0172. The predicted octanol–water partition coefficient (Wildman–Crippen LogP) is 2.80. The van der Waals surface area contributed by atoms with Gasteiger partial charge in [-0.1, -0.05) is 31.5 Å². The fourth-order valence-electron chi connectivity index (χ4n) is 2.77. The molecule has 0 saturated heterocycles. The molecule has 0 spiro atoms. The number of carbonyl (C=O) groups is 1. The first-order valence-electron chi connectivity index (χ1n) is 7.46. The number of nitrogens with one attached hydrogen (secondary N) is 1. The summed E-state index contributed by atoms with van der Waals surface area (Å²) in [5.41, 5.74) is 5.78. The molecule has 1 amide bonds. The summed E-state index contributed by atoms with van der Waals surface area (Å²) in [4.78, 5) is 13.6. The summed E-state index contributed by atoms with van der Waals surface area (Å²) >= 11 is 1.65. The molecule has 110 valence electrons. The van der Waals surface area contributed by atoms with Crippen LogP contribution in [0.5, 0.6) is 0 Å². The third kappa shape index (κ3) is 4.00. The van der Waals surface area contributed by atoms with E-state index in [1.165, 1.54) is 6.42 Å². The summed E-state index contributed by atoms with van der Waals surface area (Å²) in [6, 6.07) is 10.4. The van der Waals surface area contributed by atoms with E-state index in [2.05, 4.69) is 24.4 Å². The highest BCUT2D eigenvalue weighted by Gasteiger charge is 2.29. The Hall–Kier alpha value is -1.00. The van der Waals surface area contributed by atoms with Crippen LogP contribution >= 0.6 is 11.8 Å². The highest BCUT2D eigenvalue weighted by molar-refractivity contribution is 8.00. The van der Waals surface area contributed by atoms with Crippen molar-refractivity contribution in [3.63, 3.8) is 0 Å². The second-order valence-electron chi connectivity index (χ2n) is 5.37. The van der Waals surface area contributed by atoms with Crippen LogP contribution in [-0.2, 0) is 4.79 Å². The van der Waals surface area contributed by atoms with E-state index < -0.39 is 0 Å². The van der Waals surface area contributed by atoms with Gasteiger partial charge in [-0.3, -0.25) is 4.79 Å². The van der Waals surface area contributed by atoms with Gasteiger partial charge in [0.1, 0.15) is 0 Å². The van der Waals surface area contributed by atoms with Crippen LogP contribution in [0, 0.1) is 5.92 Å². The van der Waals surface area contributed by atoms with Gasteiger partial charge in [0.25, 0.3) is 0 Å². The van der Waals surface area contributed by atoms with E-state index in [1.807, 2.05) is 18.2 Å². The van der Waals surface area contributed by atoms with Crippen molar-refractivity contribution in [1.82, 2.24) is 5.32 Å². The topological polar surface area (TPSA) is 55.1 Å². The average molecular weight is 292 g/mol. The zero-order chi connectivity index (χ0) is 14.4. The first-order valence-corrected chi connectivity index (χ1v) is 8.34. The van der Waals surface area contributed by atoms with Gasteiger partial charge >= 0.3 is 0 Å². The lowest BCUT2D eigenvalue weighted by atomic mass is 10.0. The van der Waals surface area contributed by atoms with Crippen LogP contribution in [0.1, 0.15) is 32.6 Å². The fourth-order valence-corrected chi connectivity index (χ4v) is 3.75. The van der Waals surface area contributed by atoms with Gasteiger partial charge in [0.15, 0.2) is 0 Å². The zero-order valence-corrected chi connectivity index (χ0v) is 12.9. The third-order valence-electron chi connectivity index (χ3n) is 3.97. The number of thioether (sulfide) groups is 1. The Labute approximate surface area is 125 Å². The summed E-state index contributed by atoms with van der Waals surface area (Å²) in [5, 5.41) is 3.19. The molecule has 0 radical (unpaired) electrons. The van der Waals surface area contributed by atoms with Crippen molar-refractivity contribution in [1.29, 1.82) is 0 Å². The summed E-state index contributed by atoms with van der Waals surface area (Å²) in [6.07, 6.45) is 4.23. The first-order chi connectivity index (χ1) is 9.74. The molecular weight excluding hydrogens is 268 g/mol. The smallest absolute Gasteiger partial charge is 0.233 e. The number of benzene rings is 1. The fraction of sp³-hybridized carbons (Fsp3) is 0.562. The Morgan fingerprint density at radius 3 is 2.80 bits per heavy atom. The third-order valence-corrected chi connectivity index (χ3v) is 5.35. The molecule has 1 fully saturated rings. The van der Waals surface area contributed by atoms with Crippen LogP contribution in [0.2, 0.25) is 0 Å². The van der Waals surface area contributed by atoms with E-state index in [-0.39, 0.29) is 17.2 Å². The lowest BCUT2D eigenvalue weighted by Gasteiger charge is -2.22. The van der Waals surface area contributed by atoms with Crippen LogP contribution in [-0.4, -0.2) is 23.7 Å². The van der Waals surface area contributed by atoms with Crippen molar-refractivity contribution < 1.29 is 4.79 Å². The molecular formula is C16H24N2OS. The molecule has 4 heteroatoms. The number of hydrogen-bond acceptors (Lipinski definition) is 3. The predicted molar refractivity (Wildman–Crippen MR) is 84.7 cm³/mol. The summed E-state index contributed by atoms with van der Waals surface area (Å²) in [7, 11) is 0. The molecule has 0 heterocycles. The summed E-state index contributed by atoms with van der Waals surface area (Å²) < 4.78 is 0. The van der Waals surface area contributed by atoms with E-state index in [9.17, 15) is 4.79 Å². The molecule has 0 bridgehead atoms. The number of amides is 1. The zero-order valence-electron chi connectivity index (χ0n) is 12.0. The van der Waals surface area contributed by atoms with Crippen molar-refractivity contribution in [3.8, 4) is 0 Å². The van der Waals surface area contributed by atoms with Gasteiger partial charge in [0.05, 0.1) is 5.25 Å². The van der Waals surface area contributed by atoms with Gasteiger partial charge in [-0.05, 0) is 43.9 Å². The molecule has 3 unspecified atom stereocenters. The van der Waals surface area contributed by atoms with E-state index in [1.54, 1.807) is 11.8 Å². The SMILES string of the molecule is CCC(Sc1ccccc1)C(=O)NC1CCCC1CN. The molecule has 3 nitrogen and oxygen atoms in total. The van der Waals surface area contributed by atoms with Gasteiger partial charge in [-0.25, -0.2) is 0 Å². The number of nitrogens with two attached hydrogens (primary N) is 1. The van der Waals surface area contributed by atoms with Gasteiger partial charge in [0, 0.05) is 10.9 Å². The van der Waals surface area contributed by atoms with Crippen LogP contribution in [0.4, 0.5) is 0 Å². The molecule has 1 aliphatic rings. The molecule has 3 atom stereocenters. The van der Waals surface area contributed by atoms with Crippen molar-refractivity contribution >= 4 is 17.7 Å². The van der Waals surface area contributed by atoms with E-state index in [0.717, 1.165) is 24.2 Å². The maximum Gasteiger partial charge on any atom is 0.233 e. The van der Waals surface area contributed by atoms with Crippen LogP contribution < -0.4 is 11.1 Å². The Morgan fingerprint density at radius 2 is 2.15 bits per heavy atom.